The fourth-order valence-electron chi connectivity index (χ4n) is 2.46. The molecule has 1 aliphatic carbocycles. The average molecular weight is 366 g/mol. The average Bonchev–Trinajstić information content (AvgIpc) is 2.68. The molecule has 0 radical (unpaired) electrons. The maximum Gasteiger partial charge on any atom is 0.287 e. The summed E-state index contributed by atoms with van der Waals surface area (Å²) in [5.74, 6) is 0.190. The maximum atomic E-state index is 11.7. The van der Waals surface area contributed by atoms with Crippen LogP contribution in [0.25, 0.3) is 0 Å². The van der Waals surface area contributed by atoms with Crippen molar-refractivity contribution in [1.82, 2.24) is 10.6 Å². The SMILES string of the molecule is Cl.O=C(NCCNC1CCCCCC1)c1ccc(Br)o1. The zero-order chi connectivity index (χ0) is 13.5. The molecular formula is C14H22BrClN2O2. The molecule has 4 nitrogen and oxygen atoms in total. The van der Waals surface area contributed by atoms with Crippen molar-refractivity contribution in [2.75, 3.05) is 13.1 Å². The molecule has 6 heteroatoms. The van der Waals surface area contributed by atoms with Gasteiger partial charge >= 0.3 is 0 Å². The number of furan rings is 1. The zero-order valence-corrected chi connectivity index (χ0v) is 13.9. The number of nitrogens with one attached hydrogen (secondary N) is 2. The van der Waals surface area contributed by atoms with Gasteiger partial charge < -0.3 is 15.1 Å². The lowest BCUT2D eigenvalue weighted by Gasteiger charge is -2.16. The van der Waals surface area contributed by atoms with Gasteiger partial charge in [0.25, 0.3) is 5.91 Å². The number of hydrogen-bond acceptors (Lipinski definition) is 3. The van der Waals surface area contributed by atoms with Crippen LogP contribution in [0.5, 0.6) is 0 Å². The minimum Gasteiger partial charge on any atom is -0.444 e. The van der Waals surface area contributed by atoms with E-state index < -0.39 is 0 Å². The summed E-state index contributed by atoms with van der Waals surface area (Å²) in [6, 6.07) is 4.01. The van der Waals surface area contributed by atoms with E-state index in [0.29, 0.717) is 23.0 Å². The van der Waals surface area contributed by atoms with Gasteiger partial charge in [0.15, 0.2) is 10.4 Å². The third-order valence-electron chi connectivity index (χ3n) is 3.50. The Balaban J connectivity index is 0.00000200. The first-order chi connectivity index (χ1) is 9.25. The molecule has 1 aromatic rings. The molecule has 0 unspecified atom stereocenters. The molecule has 1 amide bonds. The third-order valence-corrected chi connectivity index (χ3v) is 3.92. The van der Waals surface area contributed by atoms with Crippen LogP contribution in [0.4, 0.5) is 0 Å². The van der Waals surface area contributed by atoms with E-state index in [1.54, 1.807) is 12.1 Å². The van der Waals surface area contributed by atoms with Crippen LogP contribution in [0.1, 0.15) is 49.1 Å². The van der Waals surface area contributed by atoms with Crippen LogP contribution in [0.3, 0.4) is 0 Å². The summed E-state index contributed by atoms with van der Waals surface area (Å²) in [5, 5.41) is 6.37. The summed E-state index contributed by atoms with van der Waals surface area (Å²) >= 11 is 3.18. The van der Waals surface area contributed by atoms with Crippen LogP contribution < -0.4 is 10.6 Å². The van der Waals surface area contributed by atoms with Crippen molar-refractivity contribution in [2.24, 2.45) is 0 Å². The Morgan fingerprint density at radius 2 is 1.90 bits per heavy atom. The lowest BCUT2D eigenvalue weighted by Crippen LogP contribution is -2.36. The van der Waals surface area contributed by atoms with Gasteiger partial charge in [-0.25, -0.2) is 0 Å². The molecule has 0 saturated heterocycles. The van der Waals surface area contributed by atoms with Crippen molar-refractivity contribution in [3.05, 3.63) is 22.6 Å². The Hall–Kier alpha value is -0.520. The summed E-state index contributed by atoms with van der Waals surface area (Å²) in [6.07, 6.45) is 7.90. The number of amides is 1. The Kier molecular flexibility index (Phi) is 8.26. The summed E-state index contributed by atoms with van der Waals surface area (Å²) in [5.41, 5.74) is 0. The van der Waals surface area contributed by atoms with E-state index in [4.69, 9.17) is 4.42 Å². The van der Waals surface area contributed by atoms with E-state index in [1.807, 2.05) is 0 Å². The van der Waals surface area contributed by atoms with Crippen LogP contribution in [0.2, 0.25) is 0 Å². The Labute approximate surface area is 134 Å². The molecule has 0 aliphatic heterocycles. The molecule has 0 atom stereocenters. The van der Waals surface area contributed by atoms with Crippen LogP contribution in [0.15, 0.2) is 21.2 Å². The van der Waals surface area contributed by atoms with Gasteiger partial charge in [-0.3, -0.25) is 4.79 Å². The monoisotopic (exact) mass is 364 g/mol. The first-order valence-electron chi connectivity index (χ1n) is 7.02. The highest BCUT2D eigenvalue weighted by atomic mass is 79.9. The summed E-state index contributed by atoms with van der Waals surface area (Å²) in [4.78, 5) is 11.7. The van der Waals surface area contributed by atoms with Crippen LogP contribution in [0, 0.1) is 0 Å². The second-order valence-electron chi connectivity index (χ2n) is 5.00. The molecule has 20 heavy (non-hydrogen) atoms. The first-order valence-corrected chi connectivity index (χ1v) is 7.82. The lowest BCUT2D eigenvalue weighted by atomic mass is 10.1. The minimum absolute atomic E-state index is 0. The van der Waals surface area contributed by atoms with Gasteiger partial charge in [0, 0.05) is 19.1 Å². The van der Waals surface area contributed by atoms with Gasteiger partial charge in [-0.15, -0.1) is 12.4 Å². The second-order valence-corrected chi connectivity index (χ2v) is 5.78. The fourth-order valence-corrected chi connectivity index (χ4v) is 2.77. The molecule has 1 fully saturated rings. The summed E-state index contributed by atoms with van der Waals surface area (Å²) in [6.45, 7) is 1.45. The molecule has 0 spiro atoms. The Morgan fingerprint density at radius 3 is 2.50 bits per heavy atom. The van der Waals surface area contributed by atoms with Gasteiger partial charge in [-0.2, -0.15) is 0 Å². The van der Waals surface area contributed by atoms with E-state index in [2.05, 4.69) is 26.6 Å². The van der Waals surface area contributed by atoms with Crippen LogP contribution in [-0.2, 0) is 0 Å². The quantitative estimate of drug-likeness (QED) is 0.620. The van der Waals surface area contributed by atoms with E-state index >= 15 is 0 Å². The van der Waals surface area contributed by atoms with Gasteiger partial charge in [0.1, 0.15) is 0 Å². The smallest absolute Gasteiger partial charge is 0.287 e. The molecule has 114 valence electrons. The summed E-state index contributed by atoms with van der Waals surface area (Å²) < 4.78 is 5.77. The molecule has 1 aromatic heterocycles. The highest BCUT2D eigenvalue weighted by Gasteiger charge is 2.12. The molecular weight excluding hydrogens is 344 g/mol. The highest BCUT2D eigenvalue weighted by Crippen LogP contribution is 2.17. The fraction of sp³-hybridized carbons (Fsp3) is 0.643. The molecule has 1 heterocycles. The highest BCUT2D eigenvalue weighted by molar-refractivity contribution is 9.10. The predicted molar refractivity (Wildman–Crippen MR) is 85.5 cm³/mol. The van der Waals surface area contributed by atoms with Crippen LogP contribution in [-0.4, -0.2) is 25.0 Å². The van der Waals surface area contributed by atoms with Gasteiger partial charge in [-0.05, 0) is 40.9 Å². The molecule has 0 aromatic carbocycles. The number of rotatable bonds is 5. The van der Waals surface area contributed by atoms with Crippen molar-refractivity contribution in [3.63, 3.8) is 0 Å². The number of carbonyl (C=O) groups is 1. The van der Waals surface area contributed by atoms with Crippen molar-refractivity contribution in [1.29, 1.82) is 0 Å². The van der Waals surface area contributed by atoms with E-state index in [9.17, 15) is 4.79 Å². The molecule has 1 saturated carbocycles. The van der Waals surface area contributed by atoms with Crippen molar-refractivity contribution in [2.45, 2.75) is 44.6 Å². The van der Waals surface area contributed by atoms with E-state index in [1.165, 1.54) is 38.5 Å². The second kappa shape index (κ2) is 9.42. The zero-order valence-electron chi connectivity index (χ0n) is 11.5. The van der Waals surface area contributed by atoms with Gasteiger partial charge in [-0.1, -0.05) is 25.7 Å². The largest absolute Gasteiger partial charge is 0.444 e. The van der Waals surface area contributed by atoms with E-state index in [-0.39, 0.29) is 18.3 Å². The summed E-state index contributed by atoms with van der Waals surface area (Å²) in [7, 11) is 0. The van der Waals surface area contributed by atoms with Crippen molar-refractivity contribution in [3.8, 4) is 0 Å². The maximum absolute atomic E-state index is 11.7. The minimum atomic E-state index is -0.159. The lowest BCUT2D eigenvalue weighted by molar-refractivity contribution is 0.0924. The normalized spacial score (nSPS) is 16.2. The standard InChI is InChI=1S/C14H21BrN2O2.ClH/c15-13-8-7-12(19-13)14(18)17-10-9-16-11-5-3-1-2-4-6-11;/h7-8,11,16H,1-6,9-10H2,(H,17,18);1H. The first kappa shape index (κ1) is 17.5. The number of halogens is 2. The molecule has 2 rings (SSSR count). The van der Waals surface area contributed by atoms with Crippen molar-refractivity contribution < 1.29 is 9.21 Å². The topological polar surface area (TPSA) is 54.3 Å². The van der Waals surface area contributed by atoms with E-state index in [0.717, 1.165) is 6.54 Å². The van der Waals surface area contributed by atoms with Gasteiger partial charge in [0.05, 0.1) is 0 Å². The third kappa shape index (κ3) is 5.85. The Bertz CT molecular complexity index is 404. The molecule has 0 bridgehead atoms. The number of hydrogen-bond donors (Lipinski definition) is 2. The van der Waals surface area contributed by atoms with Crippen molar-refractivity contribution >= 4 is 34.2 Å². The molecule has 2 N–H and O–H groups in total. The van der Waals surface area contributed by atoms with Crippen LogP contribution >= 0.6 is 28.3 Å². The molecule has 1 aliphatic rings. The van der Waals surface area contributed by atoms with Gasteiger partial charge in [0.2, 0.25) is 0 Å². The Morgan fingerprint density at radius 1 is 1.20 bits per heavy atom. The predicted octanol–water partition coefficient (Wildman–Crippen LogP) is 3.51. The number of carbonyl (C=O) groups excluding carboxylic acids is 1.